The monoisotopic (exact) mass is 304 g/mol. The summed E-state index contributed by atoms with van der Waals surface area (Å²) in [5.41, 5.74) is 9.06. The van der Waals surface area contributed by atoms with Gasteiger partial charge in [-0.05, 0) is 84.3 Å². The highest BCUT2D eigenvalue weighted by molar-refractivity contribution is 5.99. The fourth-order valence-electron chi connectivity index (χ4n) is 5.69. The minimum Gasteiger partial charge on any atom is -0.294 e. The van der Waals surface area contributed by atoms with Crippen molar-refractivity contribution in [2.75, 3.05) is 0 Å². The summed E-state index contributed by atoms with van der Waals surface area (Å²) in [5, 5.41) is 0. The highest BCUT2D eigenvalue weighted by atomic mass is 16.1. The van der Waals surface area contributed by atoms with Gasteiger partial charge in [-0.2, -0.15) is 0 Å². The fourth-order valence-corrected chi connectivity index (χ4v) is 5.69. The summed E-state index contributed by atoms with van der Waals surface area (Å²) in [7, 11) is 0. The van der Waals surface area contributed by atoms with Crippen LogP contribution in [0.15, 0.2) is 23.8 Å². The number of hydrogen-bond acceptors (Lipinski definition) is 1. The largest absolute Gasteiger partial charge is 0.294 e. The molecule has 0 saturated heterocycles. The van der Waals surface area contributed by atoms with Crippen LogP contribution in [-0.4, -0.2) is 5.78 Å². The number of ketones is 1. The lowest BCUT2D eigenvalue weighted by molar-refractivity contribution is -0.114. The Bertz CT molecular complexity index is 749. The van der Waals surface area contributed by atoms with E-state index in [4.69, 9.17) is 0 Å². The molecule has 1 nitrogen and oxygen atoms in total. The van der Waals surface area contributed by atoms with Crippen LogP contribution >= 0.6 is 0 Å². The molecule has 118 valence electrons. The van der Waals surface area contributed by atoms with E-state index in [9.17, 15) is 4.79 Å². The predicted molar refractivity (Wildman–Crippen MR) is 94.1 cm³/mol. The van der Waals surface area contributed by atoms with Gasteiger partial charge in [0.15, 0.2) is 5.78 Å². The number of rotatable bonds is 0. The van der Waals surface area contributed by atoms with Crippen LogP contribution in [0.3, 0.4) is 0 Å². The molecular formula is C22H24O. The van der Waals surface area contributed by atoms with Gasteiger partial charge in [0.1, 0.15) is 0 Å². The number of carbonyl (C=O) groups excluding carboxylic acids is 1. The lowest BCUT2D eigenvalue weighted by Gasteiger charge is -2.42. The summed E-state index contributed by atoms with van der Waals surface area (Å²) in [6.07, 6.45) is 15.2. The van der Waals surface area contributed by atoms with Crippen LogP contribution in [0, 0.1) is 11.8 Å². The first-order chi connectivity index (χ1) is 11.3. The van der Waals surface area contributed by atoms with Crippen molar-refractivity contribution in [3.8, 4) is 0 Å². The second kappa shape index (κ2) is 5.19. The van der Waals surface area contributed by atoms with Crippen LogP contribution in [-0.2, 0) is 17.6 Å². The Labute approximate surface area is 138 Å². The van der Waals surface area contributed by atoms with Gasteiger partial charge in [0.2, 0.25) is 0 Å². The smallest absolute Gasteiger partial charge is 0.160 e. The van der Waals surface area contributed by atoms with Crippen molar-refractivity contribution in [2.45, 2.75) is 57.8 Å². The maximum atomic E-state index is 11.9. The molecule has 1 aromatic carbocycles. The molecule has 1 heteroatoms. The molecule has 0 spiro atoms. The first-order valence-corrected chi connectivity index (χ1v) is 9.39. The van der Waals surface area contributed by atoms with Gasteiger partial charge in [-0.1, -0.05) is 36.6 Å². The molecule has 0 radical (unpaired) electrons. The third kappa shape index (κ3) is 2.09. The van der Waals surface area contributed by atoms with E-state index < -0.39 is 0 Å². The normalized spacial score (nSPS) is 28.8. The molecule has 0 heterocycles. The summed E-state index contributed by atoms with van der Waals surface area (Å²) in [6, 6.07) is 4.60. The van der Waals surface area contributed by atoms with Crippen LogP contribution < -0.4 is 0 Å². The van der Waals surface area contributed by atoms with Gasteiger partial charge in [0.05, 0.1) is 0 Å². The van der Waals surface area contributed by atoms with Gasteiger partial charge in [-0.25, -0.2) is 0 Å². The molecule has 0 amide bonds. The maximum Gasteiger partial charge on any atom is 0.160 e. The molecular weight excluding hydrogens is 280 g/mol. The summed E-state index contributed by atoms with van der Waals surface area (Å²) < 4.78 is 0. The van der Waals surface area contributed by atoms with Crippen LogP contribution in [0.25, 0.3) is 11.6 Å². The SMILES string of the molecule is O=C1C=Cc2ccc3c(c2C1)CCC1=C3CCC2CCCCC12. The van der Waals surface area contributed by atoms with E-state index in [-0.39, 0.29) is 5.78 Å². The number of hydrogen-bond donors (Lipinski definition) is 0. The van der Waals surface area contributed by atoms with Crippen molar-refractivity contribution in [1.82, 2.24) is 0 Å². The lowest BCUT2D eigenvalue weighted by atomic mass is 9.63. The van der Waals surface area contributed by atoms with Gasteiger partial charge in [0.25, 0.3) is 0 Å². The van der Waals surface area contributed by atoms with E-state index >= 15 is 0 Å². The second-order valence-electron chi connectivity index (χ2n) is 7.83. The molecule has 2 unspecified atom stereocenters. The highest BCUT2D eigenvalue weighted by Gasteiger charge is 2.36. The van der Waals surface area contributed by atoms with Gasteiger partial charge >= 0.3 is 0 Å². The minimum absolute atomic E-state index is 0.265. The zero-order valence-corrected chi connectivity index (χ0v) is 13.7. The molecule has 4 aliphatic rings. The van der Waals surface area contributed by atoms with E-state index in [0.717, 1.165) is 18.3 Å². The molecule has 0 aromatic heterocycles. The first-order valence-electron chi connectivity index (χ1n) is 9.39. The molecule has 0 aliphatic heterocycles. The summed E-state index contributed by atoms with van der Waals surface area (Å²) in [5.74, 6) is 2.10. The van der Waals surface area contributed by atoms with E-state index in [2.05, 4.69) is 12.1 Å². The van der Waals surface area contributed by atoms with Gasteiger partial charge in [-0.3, -0.25) is 4.79 Å². The topological polar surface area (TPSA) is 17.1 Å². The zero-order valence-electron chi connectivity index (χ0n) is 13.7. The van der Waals surface area contributed by atoms with Crippen molar-refractivity contribution in [3.05, 3.63) is 46.0 Å². The highest BCUT2D eigenvalue weighted by Crippen LogP contribution is 2.50. The predicted octanol–water partition coefficient (Wildman–Crippen LogP) is 5.13. The fraction of sp³-hybridized carbons (Fsp3) is 0.500. The molecule has 5 rings (SSSR count). The average Bonchev–Trinajstić information content (AvgIpc) is 2.60. The van der Waals surface area contributed by atoms with Crippen molar-refractivity contribution in [1.29, 1.82) is 0 Å². The maximum absolute atomic E-state index is 11.9. The van der Waals surface area contributed by atoms with Gasteiger partial charge in [0, 0.05) is 6.42 Å². The molecule has 0 N–H and O–H groups in total. The first kappa shape index (κ1) is 13.8. The third-order valence-corrected chi connectivity index (χ3v) is 6.75. The number of carbonyl (C=O) groups is 1. The molecule has 0 bridgehead atoms. The summed E-state index contributed by atoms with van der Waals surface area (Å²) in [6.45, 7) is 0. The molecule has 1 fully saturated rings. The molecule has 1 saturated carbocycles. The Hall–Kier alpha value is -1.63. The average molecular weight is 304 g/mol. The van der Waals surface area contributed by atoms with Crippen molar-refractivity contribution in [2.24, 2.45) is 11.8 Å². The standard InChI is InChI=1S/C22H24O/c23-16-8-5-15-7-10-20-19-9-6-14-3-1-2-4-17(14)18(19)11-12-21(20)22(15)13-16/h5,7-8,10,14,17H,1-4,6,9,11-13H2. The van der Waals surface area contributed by atoms with Crippen molar-refractivity contribution >= 4 is 17.4 Å². The summed E-state index contributed by atoms with van der Waals surface area (Å²) in [4.78, 5) is 11.9. The Kier molecular flexibility index (Phi) is 3.11. The molecule has 4 aliphatic carbocycles. The van der Waals surface area contributed by atoms with E-state index in [1.165, 1.54) is 67.2 Å². The Balaban J connectivity index is 1.63. The quantitative estimate of drug-likeness (QED) is 0.650. The molecule has 23 heavy (non-hydrogen) atoms. The number of fused-ring (bicyclic) bond motifs is 6. The second-order valence-corrected chi connectivity index (χ2v) is 7.83. The Morgan fingerprint density at radius 3 is 2.74 bits per heavy atom. The Morgan fingerprint density at radius 2 is 1.78 bits per heavy atom. The van der Waals surface area contributed by atoms with Crippen LogP contribution in [0.1, 0.15) is 67.2 Å². The number of allylic oxidation sites excluding steroid dienone is 3. The number of benzene rings is 1. The van der Waals surface area contributed by atoms with Crippen molar-refractivity contribution < 1.29 is 4.79 Å². The molecule has 1 aromatic rings. The van der Waals surface area contributed by atoms with Gasteiger partial charge in [-0.15, -0.1) is 0 Å². The van der Waals surface area contributed by atoms with E-state index in [0.29, 0.717) is 6.42 Å². The molecule has 2 atom stereocenters. The lowest BCUT2D eigenvalue weighted by Crippen LogP contribution is -2.28. The minimum atomic E-state index is 0.265. The van der Waals surface area contributed by atoms with Crippen LogP contribution in [0.2, 0.25) is 0 Å². The van der Waals surface area contributed by atoms with Gasteiger partial charge < -0.3 is 0 Å². The van der Waals surface area contributed by atoms with Crippen LogP contribution in [0.4, 0.5) is 0 Å². The summed E-state index contributed by atoms with van der Waals surface area (Å²) >= 11 is 0. The van der Waals surface area contributed by atoms with E-state index in [1.54, 1.807) is 17.2 Å². The van der Waals surface area contributed by atoms with E-state index in [1.807, 2.05) is 6.08 Å². The zero-order chi connectivity index (χ0) is 15.4. The van der Waals surface area contributed by atoms with Crippen LogP contribution in [0.5, 0.6) is 0 Å². The third-order valence-electron chi connectivity index (χ3n) is 6.75. The Morgan fingerprint density at radius 1 is 0.870 bits per heavy atom. The van der Waals surface area contributed by atoms with Crippen molar-refractivity contribution in [3.63, 3.8) is 0 Å².